The van der Waals surface area contributed by atoms with Gasteiger partial charge in [0.15, 0.2) is 17.0 Å². The highest BCUT2D eigenvalue weighted by Gasteiger charge is 2.35. The number of carbonyl (C=O) groups excluding carboxylic acids is 1. The number of rotatable bonds is 9. The fourth-order valence-corrected chi connectivity index (χ4v) is 5.56. The maximum Gasteiger partial charge on any atom is 0.243 e. The summed E-state index contributed by atoms with van der Waals surface area (Å²) in [7, 11) is 5.94. The second-order valence-electron chi connectivity index (χ2n) is 11.2. The Kier molecular flexibility index (Phi) is 8.30. The van der Waals surface area contributed by atoms with Crippen molar-refractivity contribution in [2.45, 2.75) is 51.0 Å². The first kappa shape index (κ1) is 28.6. The first-order valence-corrected chi connectivity index (χ1v) is 14.1. The number of anilines is 4. The summed E-state index contributed by atoms with van der Waals surface area (Å²) in [4.78, 5) is 32.4. The van der Waals surface area contributed by atoms with Gasteiger partial charge < -0.3 is 34.6 Å². The average molecular weight is 566 g/mol. The lowest BCUT2D eigenvalue weighted by molar-refractivity contribution is -0.117. The van der Waals surface area contributed by atoms with Crippen LogP contribution in [0.5, 0.6) is 5.75 Å². The van der Waals surface area contributed by atoms with Crippen molar-refractivity contribution in [1.82, 2.24) is 29.7 Å². The van der Waals surface area contributed by atoms with Crippen LogP contribution in [0.2, 0.25) is 0 Å². The highest BCUT2D eigenvalue weighted by atomic mass is 19.1. The highest BCUT2D eigenvalue weighted by molar-refractivity contribution is 5.88. The van der Waals surface area contributed by atoms with E-state index in [1.807, 2.05) is 30.5 Å². The van der Waals surface area contributed by atoms with Crippen LogP contribution in [0.25, 0.3) is 11.2 Å². The Labute approximate surface area is 240 Å². The lowest BCUT2D eigenvalue weighted by Gasteiger charge is -2.36. The molecule has 0 radical (unpaired) electrons. The molecule has 11 nitrogen and oxygen atoms in total. The van der Waals surface area contributed by atoms with Crippen LogP contribution in [0, 0.1) is 0 Å². The topological polar surface area (TPSA) is 104 Å². The molecule has 1 aromatic carbocycles. The number of aromatic nitrogens is 4. The molecule has 0 unspecified atom stereocenters. The molecule has 0 aliphatic carbocycles. The van der Waals surface area contributed by atoms with Gasteiger partial charge in [0.1, 0.15) is 11.9 Å². The second kappa shape index (κ2) is 11.9. The summed E-state index contributed by atoms with van der Waals surface area (Å²) in [6.07, 6.45) is 3.85. The number of methoxy groups -OCH3 is 1. The third-order valence-corrected chi connectivity index (χ3v) is 8.01. The molecular formula is C29H40FN9O2. The van der Waals surface area contributed by atoms with Crippen molar-refractivity contribution in [3.05, 3.63) is 37.2 Å². The number of nitrogens with zero attached hydrogens (tertiary/aromatic N) is 7. The number of fused-ring (bicyclic) bond motifs is 1. The smallest absolute Gasteiger partial charge is 0.243 e. The Morgan fingerprint density at radius 1 is 1.20 bits per heavy atom. The zero-order valence-electron chi connectivity index (χ0n) is 24.5. The largest absolute Gasteiger partial charge is 0.494 e. The highest BCUT2D eigenvalue weighted by Crippen LogP contribution is 2.35. The van der Waals surface area contributed by atoms with Gasteiger partial charge in [0.05, 0.1) is 31.7 Å². The number of benzene rings is 1. The van der Waals surface area contributed by atoms with Crippen LogP contribution in [0.1, 0.15) is 32.7 Å². The molecule has 3 aromatic rings. The molecule has 12 heteroatoms. The molecule has 2 aliphatic rings. The summed E-state index contributed by atoms with van der Waals surface area (Å²) in [5.41, 5.74) is 3.10. The minimum atomic E-state index is -1.26. The number of carbonyl (C=O) groups is 1. The second-order valence-corrected chi connectivity index (χ2v) is 11.2. The molecule has 0 bridgehead atoms. The summed E-state index contributed by atoms with van der Waals surface area (Å²) in [6.45, 7) is 9.83. The molecule has 2 saturated heterocycles. The number of imidazole rings is 1. The molecule has 4 heterocycles. The number of hydrogen-bond acceptors (Lipinski definition) is 9. The number of ether oxygens (including phenoxy) is 1. The Bertz CT molecular complexity index is 1400. The van der Waals surface area contributed by atoms with Crippen molar-refractivity contribution >= 4 is 40.2 Å². The normalized spacial score (nSPS) is 19.8. The molecule has 0 spiro atoms. The zero-order valence-corrected chi connectivity index (χ0v) is 24.5. The van der Waals surface area contributed by atoms with Crippen molar-refractivity contribution in [2.24, 2.45) is 0 Å². The van der Waals surface area contributed by atoms with E-state index in [1.54, 1.807) is 18.3 Å². The Morgan fingerprint density at radius 2 is 1.95 bits per heavy atom. The van der Waals surface area contributed by atoms with Crippen LogP contribution < -0.4 is 25.2 Å². The van der Waals surface area contributed by atoms with Crippen LogP contribution in [-0.2, 0) is 4.79 Å². The lowest BCUT2D eigenvalue weighted by atomic mass is 10.0. The molecule has 1 amide bonds. The SMILES string of the molecule is C=CC(=O)N[C@@H]1CN(c2nc(Nc3ccc(N4CCC(N(C)C)CC4)cc3OC)c3ncn(C(C)C)c3n2)C[C@H]1F. The van der Waals surface area contributed by atoms with Crippen molar-refractivity contribution in [3.8, 4) is 5.75 Å². The Balaban J connectivity index is 1.44. The van der Waals surface area contributed by atoms with Crippen LogP contribution >= 0.6 is 0 Å². The van der Waals surface area contributed by atoms with Gasteiger partial charge in [-0.2, -0.15) is 9.97 Å². The van der Waals surface area contributed by atoms with Crippen molar-refractivity contribution in [1.29, 1.82) is 0 Å². The maximum atomic E-state index is 14.9. The van der Waals surface area contributed by atoms with Crippen molar-refractivity contribution in [3.63, 3.8) is 0 Å². The molecule has 2 aromatic heterocycles. The van der Waals surface area contributed by atoms with E-state index in [4.69, 9.17) is 14.7 Å². The van der Waals surface area contributed by atoms with Gasteiger partial charge in [-0.15, -0.1) is 0 Å². The molecule has 220 valence electrons. The van der Waals surface area contributed by atoms with Crippen LogP contribution in [0.15, 0.2) is 37.2 Å². The predicted molar refractivity (Wildman–Crippen MR) is 160 cm³/mol. The van der Waals surface area contributed by atoms with E-state index in [1.165, 1.54) is 0 Å². The van der Waals surface area contributed by atoms with E-state index < -0.39 is 18.1 Å². The van der Waals surface area contributed by atoms with E-state index in [0.717, 1.165) is 43.4 Å². The minimum absolute atomic E-state index is 0.0609. The van der Waals surface area contributed by atoms with Gasteiger partial charge in [0, 0.05) is 43.5 Å². The molecule has 0 saturated carbocycles. The van der Waals surface area contributed by atoms with Gasteiger partial charge in [-0.05, 0) is 59.0 Å². The van der Waals surface area contributed by atoms with Crippen molar-refractivity contribution in [2.75, 3.05) is 62.5 Å². The standard InChI is InChI=1S/C29H40FN9O2/c1-7-25(40)32-23-16-38(15-21(23)30)29-34-27(26-28(35-29)39(17-31-26)18(2)3)33-22-9-8-20(14-24(22)41-6)37-12-10-19(11-13-37)36(4)5/h7-9,14,17-19,21,23H,1,10-13,15-16H2,2-6H3,(H,32,40)(H,33,34,35)/t21-,23-/m1/s1. The van der Waals surface area contributed by atoms with E-state index in [9.17, 15) is 9.18 Å². The number of hydrogen-bond donors (Lipinski definition) is 2. The molecule has 2 atom stereocenters. The number of halogens is 1. The monoisotopic (exact) mass is 565 g/mol. The van der Waals surface area contributed by atoms with Crippen LogP contribution in [0.3, 0.4) is 0 Å². The quantitative estimate of drug-likeness (QED) is 0.377. The van der Waals surface area contributed by atoms with E-state index in [0.29, 0.717) is 34.7 Å². The third kappa shape index (κ3) is 5.92. The summed E-state index contributed by atoms with van der Waals surface area (Å²) in [6, 6.07) is 6.16. The third-order valence-electron chi connectivity index (χ3n) is 8.01. The fraction of sp³-hybridized carbons (Fsp3) is 0.517. The average Bonchev–Trinajstić information content (AvgIpc) is 3.56. The van der Waals surface area contributed by atoms with E-state index in [-0.39, 0.29) is 19.1 Å². The lowest BCUT2D eigenvalue weighted by Crippen LogP contribution is -2.41. The minimum Gasteiger partial charge on any atom is -0.494 e. The number of alkyl halides is 1. The molecule has 2 aliphatic heterocycles. The van der Waals surface area contributed by atoms with E-state index >= 15 is 0 Å². The van der Waals surface area contributed by atoms with Gasteiger partial charge in [-0.25, -0.2) is 9.37 Å². The van der Waals surface area contributed by atoms with Gasteiger partial charge >= 0.3 is 0 Å². The molecule has 2 N–H and O–H groups in total. The number of amides is 1. The van der Waals surface area contributed by atoms with Gasteiger partial charge in [-0.1, -0.05) is 6.58 Å². The zero-order chi connectivity index (χ0) is 29.3. The first-order valence-electron chi connectivity index (χ1n) is 14.1. The number of nitrogens with one attached hydrogen (secondary N) is 2. The number of piperidine rings is 1. The Hall–Kier alpha value is -3.93. The summed E-state index contributed by atoms with van der Waals surface area (Å²) < 4.78 is 22.6. The van der Waals surface area contributed by atoms with Crippen LogP contribution in [0.4, 0.5) is 27.5 Å². The van der Waals surface area contributed by atoms with Crippen molar-refractivity contribution < 1.29 is 13.9 Å². The van der Waals surface area contributed by atoms with E-state index in [2.05, 4.69) is 52.2 Å². The summed E-state index contributed by atoms with van der Waals surface area (Å²) >= 11 is 0. The maximum absolute atomic E-state index is 14.9. The van der Waals surface area contributed by atoms with Gasteiger partial charge in [0.25, 0.3) is 0 Å². The first-order chi connectivity index (χ1) is 19.7. The van der Waals surface area contributed by atoms with Gasteiger partial charge in [0.2, 0.25) is 11.9 Å². The molecule has 2 fully saturated rings. The molecular weight excluding hydrogens is 525 g/mol. The molecule has 5 rings (SSSR count). The summed E-state index contributed by atoms with van der Waals surface area (Å²) in [5, 5.41) is 6.08. The van der Waals surface area contributed by atoms with Gasteiger partial charge in [-0.3, -0.25) is 4.79 Å². The summed E-state index contributed by atoms with van der Waals surface area (Å²) in [5.74, 6) is 1.13. The predicted octanol–water partition coefficient (Wildman–Crippen LogP) is 3.52. The van der Waals surface area contributed by atoms with Crippen LogP contribution in [-0.4, -0.2) is 96.0 Å². The Morgan fingerprint density at radius 3 is 2.61 bits per heavy atom. The molecule has 41 heavy (non-hydrogen) atoms. The fourth-order valence-electron chi connectivity index (χ4n) is 5.56.